The zero-order valence-electron chi connectivity index (χ0n) is 15.3. The highest BCUT2D eigenvalue weighted by atomic mass is 28.3. The molecule has 0 spiro atoms. The Morgan fingerprint density at radius 3 is 2.05 bits per heavy atom. The third-order valence-electron chi connectivity index (χ3n) is 4.14. The third-order valence-corrected chi connectivity index (χ3v) is 5.88. The van der Waals surface area contributed by atoms with Crippen LogP contribution in [0.5, 0.6) is 0 Å². The van der Waals surface area contributed by atoms with Crippen LogP contribution in [0.25, 0.3) is 6.08 Å². The molecule has 0 radical (unpaired) electrons. The Balaban J connectivity index is 2.04. The Kier molecular flexibility index (Phi) is 9.54. The minimum atomic E-state index is -1.29. The van der Waals surface area contributed by atoms with Crippen molar-refractivity contribution in [3.05, 3.63) is 24.0 Å². The molecule has 0 amide bonds. The quantitative estimate of drug-likeness (QED) is 0.306. The van der Waals surface area contributed by atoms with Gasteiger partial charge in [-0.05, 0) is 18.9 Å². The summed E-state index contributed by atoms with van der Waals surface area (Å²) in [5, 5.41) is 1.20. The summed E-state index contributed by atoms with van der Waals surface area (Å²) in [4.78, 5) is 0. The molecule has 0 aliphatic heterocycles. The number of rotatable bonds is 12. The molecule has 1 heterocycles. The molecule has 126 valence electrons. The van der Waals surface area contributed by atoms with Crippen molar-refractivity contribution < 1.29 is 4.42 Å². The van der Waals surface area contributed by atoms with Gasteiger partial charge in [-0.15, -0.1) is 0 Å². The van der Waals surface area contributed by atoms with E-state index in [1.54, 1.807) is 0 Å². The first-order valence-electron chi connectivity index (χ1n) is 9.29. The molecule has 0 atom stereocenters. The lowest BCUT2D eigenvalue weighted by molar-refractivity contribution is 0.566. The van der Waals surface area contributed by atoms with Crippen LogP contribution in [0.2, 0.25) is 19.6 Å². The first-order chi connectivity index (χ1) is 10.5. The van der Waals surface area contributed by atoms with Crippen LogP contribution in [-0.2, 0) is 0 Å². The standard InChI is InChI=1S/C20H36OSi/c1-5-6-7-8-9-10-11-12-13-14-15-16-19-17-20(21-18-19)22(2,3)4/h15-18H,5-14H2,1-4H3. The van der Waals surface area contributed by atoms with E-state index in [0.29, 0.717) is 0 Å². The largest absolute Gasteiger partial charge is 0.474 e. The van der Waals surface area contributed by atoms with Crippen molar-refractivity contribution in [2.24, 2.45) is 0 Å². The van der Waals surface area contributed by atoms with Crippen molar-refractivity contribution in [1.29, 1.82) is 0 Å². The van der Waals surface area contributed by atoms with E-state index in [9.17, 15) is 0 Å². The third kappa shape index (κ3) is 8.62. The minimum absolute atomic E-state index is 1.20. The number of unbranched alkanes of at least 4 members (excludes halogenated alkanes) is 9. The van der Waals surface area contributed by atoms with Crippen LogP contribution in [-0.4, -0.2) is 8.07 Å². The molecule has 0 unspecified atom stereocenters. The van der Waals surface area contributed by atoms with Gasteiger partial charge in [0.2, 0.25) is 0 Å². The Labute approximate surface area is 139 Å². The van der Waals surface area contributed by atoms with E-state index in [0.717, 1.165) is 0 Å². The maximum atomic E-state index is 5.69. The minimum Gasteiger partial charge on any atom is -0.474 e. The van der Waals surface area contributed by atoms with Crippen LogP contribution in [0.1, 0.15) is 76.7 Å². The van der Waals surface area contributed by atoms with Gasteiger partial charge >= 0.3 is 0 Å². The fourth-order valence-corrected chi connectivity index (χ4v) is 3.64. The van der Waals surface area contributed by atoms with Crippen molar-refractivity contribution in [3.8, 4) is 0 Å². The van der Waals surface area contributed by atoms with Crippen LogP contribution in [0, 0.1) is 0 Å². The van der Waals surface area contributed by atoms with E-state index < -0.39 is 8.07 Å². The smallest absolute Gasteiger partial charge is 0.123 e. The fourth-order valence-electron chi connectivity index (χ4n) is 2.62. The molecule has 0 saturated carbocycles. The van der Waals surface area contributed by atoms with E-state index in [4.69, 9.17) is 4.42 Å². The first kappa shape index (κ1) is 19.3. The summed E-state index contributed by atoms with van der Waals surface area (Å²) in [6.45, 7) is 9.24. The van der Waals surface area contributed by atoms with Gasteiger partial charge in [0.05, 0.1) is 11.6 Å². The van der Waals surface area contributed by atoms with E-state index in [2.05, 4.69) is 44.8 Å². The molecule has 0 fully saturated rings. The van der Waals surface area contributed by atoms with Gasteiger partial charge in [-0.3, -0.25) is 0 Å². The highest BCUT2D eigenvalue weighted by molar-refractivity contribution is 6.87. The molecule has 0 saturated heterocycles. The number of hydrogen-bond acceptors (Lipinski definition) is 1. The van der Waals surface area contributed by atoms with Crippen molar-refractivity contribution in [1.82, 2.24) is 0 Å². The zero-order chi connectivity index (χ0) is 16.3. The number of furan rings is 1. The summed E-state index contributed by atoms with van der Waals surface area (Å²) < 4.78 is 5.69. The van der Waals surface area contributed by atoms with E-state index in [1.807, 2.05) is 6.26 Å². The van der Waals surface area contributed by atoms with Crippen LogP contribution >= 0.6 is 0 Å². The van der Waals surface area contributed by atoms with Crippen molar-refractivity contribution in [3.63, 3.8) is 0 Å². The molecule has 1 nitrogen and oxygen atoms in total. The molecule has 0 bridgehead atoms. The zero-order valence-corrected chi connectivity index (χ0v) is 16.3. The van der Waals surface area contributed by atoms with Crippen molar-refractivity contribution in [2.75, 3.05) is 0 Å². The van der Waals surface area contributed by atoms with Gasteiger partial charge in [0.25, 0.3) is 0 Å². The molecule has 1 aromatic heterocycles. The van der Waals surface area contributed by atoms with Gasteiger partial charge in [-0.25, -0.2) is 0 Å². The van der Waals surface area contributed by atoms with Gasteiger partial charge in [-0.2, -0.15) is 0 Å². The second-order valence-electron chi connectivity index (χ2n) is 7.51. The normalized spacial score (nSPS) is 12.4. The van der Waals surface area contributed by atoms with Gasteiger partial charge < -0.3 is 4.42 Å². The molecule has 2 heteroatoms. The maximum absolute atomic E-state index is 5.69. The molecule has 1 rings (SSSR count). The van der Waals surface area contributed by atoms with Crippen LogP contribution in [0.3, 0.4) is 0 Å². The topological polar surface area (TPSA) is 13.1 Å². The van der Waals surface area contributed by atoms with Crippen molar-refractivity contribution in [2.45, 2.75) is 90.8 Å². The van der Waals surface area contributed by atoms with Gasteiger partial charge in [0, 0.05) is 5.56 Å². The van der Waals surface area contributed by atoms with E-state index in [1.165, 1.54) is 75.2 Å². The fraction of sp³-hybridized carbons (Fsp3) is 0.700. The molecule has 1 aromatic rings. The summed E-state index contributed by atoms with van der Waals surface area (Å²) in [6, 6.07) is 2.22. The number of allylic oxidation sites excluding steroid dienone is 1. The Morgan fingerprint density at radius 1 is 0.909 bits per heavy atom. The molecule has 0 aliphatic rings. The highest BCUT2D eigenvalue weighted by Gasteiger charge is 2.20. The SMILES string of the molecule is CCCCCCCCCCCC=Cc1coc([Si](C)(C)C)c1. The molecule has 22 heavy (non-hydrogen) atoms. The summed E-state index contributed by atoms with van der Waals surface area (Å²) in [5.41, 5.74) is 1.23. The summed E-state index contributed by atoms with van der Waals surface area (Å²) in [6.07, 6.45) is 20.2. The second-order valence-corrected chi connectivity index (χ2v) is 12.5. The predicted molar refractivity (Wildman–Crippen MR) is 103 cm³/mol. The Morgan fingerprint density at radius 2 is 1.50 bits per heavy atom. The average Bonchev–Trinajstić information content (AvgIpc) is 2.94. The maximum Gasteiger partial charge on any atom is 0.123 e. The van der Waals surface area contributed by atoms with E-state index in [-0.39, 0.29) is 0 Å². The molecular formula is C20H36OSi. The van der Waals surface area contributed by atoms with Gasteiger partial charge in [-0.1, -0.05) is 90.1 Å². The Hall–Kier alpha value is -0.763. The first-order valence-corrected chi connectivity index (χ1v) is 12.8. The summed E-state index contributed by atoms with van der Waals surface area (Å²) in [7, 11) is -1.29. The van der Waals surface area contributed by atoms with Gasteiger partial charge in [0.15, 0.2) is 0 Å². The molecular weight excluding hydrogens is 284 g/mol. The van der Waals surface area contributed by atoms with Crippen LogP contribution in [0.15, 0.2) is 22.8 Å². The van der Waals surface area contributed by atoms with Crippen molar-refractivity contribution >= 4 is 19.5 Å². The highest BCUT2D eigenvalue weighted by Crippen LogP contribution is 2.12. The van der Waals surface area contributed by atoms with E-state index >= 15 is 0 Å². The van der Waals surface area contributed by atoms with Gasteiger partial charge in [0.1, 0.15) is 8.07 Å². The molecule has 0 aromatic carbocycles. The predicted octanol–water partition coefficient (Wildman–Crippen LogP) is 6.76. The van der Waals surface area contributed by atoms with Crippen LogP contribution < -0.4 is 5.38 Å². The average molecular weight is 321 g/mol. The lowest BCUT2D eigenvalue weighted by Crippen LogP contribution is -2.36. The summed E-state index contributed by atoms with van der Waals surface area (Å²) >= 11 is 0. The lowest BCUT2D eigenvalue weighted by Gasteiger charge is -2.10. The van der Waals surface area contributed by atoms with Crippen LogP contribution in [0.4, 0.5) is 0 Å². The second kappa shape index (κ2) is 10.9. The summed E-state index contributed by atoms with van der Waals surface area (Å²) in [5.74, 6) is 0. The number of hydrogen-bond donors (Lipinski definition) is 0. The monoisotopic (exact) mass is 320 g/mol. The lowest BCUT2D eigenvalue weighted by atomic mass is 10.1. The Bertz CT molecular complexity index is 412. The molecule has 0 N–H and O–H groups in total. The molecule has 0 aliphatic carbocycles.